The number of hydrogen-bond donors (Lipinski definition) is 2. The molecule has 9 heteroatoms. The first-order valence-corrected chi connectivity index (χ1v) is 9.55. The van der Waals surface area contributed by atoms with Gasteiger partial charge in [0.05, 0.1) is 17.5 Å². The van der Waals surface area contributed by atoms with Gasteiger partial charge >= 0.3 is 13.8 Å². The molecule has 2 atom stereocenters. The largest absolute Gasteiger partial charge is 0.441 e. The zero-order chi connectivity index (χ0) is 19.2. The summed E-state index contributed by atoms with van der Waals surface area (Å²) in [6.45, 7) is 5.46. The summed E-state index contributed by atoms with van der Waals surface area (Å²) in [6.07, 6.45) is 0.902. The van der Waals surface area contributed by atoms with E-state index in [-0.39, 0.29) is 5.69 Å². The molecule has 140 valence electrons. The average Bonchev–Trinajstić information content (AvgIpc) is 2.47. The molecule has 0 aliphatic heterocycles. The van der Waals surface area contributed by atoms with Gasteiger partial charge in [0, 0.05) is 14.1 Å². The van der Waals surface area contributed by atoms with Crippen LogP contribution in [0.25, 0.3) is 0 Å². The molecule has 0 saturated carbocycles. The Kier molecular flexibility index (Phi) is 7.60. The van der Waals surface area contributed by atoms with Crippen molar-refractivity contribution in [1.82, 2.24) is 4.90 Å². The second-order valence-corrected chi connectivity index (χ2v) is 7.51. The van der Waals surface area contributed by atoms with Crippen molar-refractivity contribution < 1.29 is 18.8 Å². The number of amides is 2. The van der Waals surface area contributed by atoms with Crippen LogP contribution in [-0.2, 0) is 9.09 Å². The monoisotopic (exact) mass is 370 g/mol. The summed E-state index contributed by atoms with van der Waals surface area (Å²) in [5.41, 5.74) is 6.12. The molecule has 0 aliphatic carbocycles. The summed E-state index contributed by atoms with van der Waals surface area (Å²) < 4.78 is 18.3. The van der Waals surface area contributed by atoms with E-state index in [4.69, 9.17) is 10.3 Å². The van der Waals surface area contributed by atoms with Gasteiger partial charge in [-0.3, -0.25) is 4.52 Å². The Bertz CT molecular complexity index is 661. The number of rotatable bonds is 7. The summed E-state index contributed by atoms with van der Waals surface area (Å²) in [7, 11) is -0.662. The van der Waals surface area contributed by atoms with Crippen LogP contribution in [0.2, 0.25) is 0 Å². The number of nitrogens with zero attached hydrogens (tertiary/aromatic N) is 3. The predicted octanol–water partition coefficient (Wildman–Crippen LogP) is 3.49. The third-order valence-corrected chi connectivity index (χ3v) is 5.07. The minimum atomic E-state index is -4.41. The van der Waals surface area contributed by atoms with E-state index in [1.165, 1.54) is 12.1 Å². The number of urea groups is 1. The molecule has 1 rings (SSSR count). The summed E-state index contributed by atoms with van der Waals surface area (Å²) in [4.78, 5) is 28.2. The lowest BCUT2D eigenvalue weighted by atomic mass is 10.2. The third kappa shape index (κ3) is 6.16. The Balaban J connectivity index is 3.09. The van der Waals surface area contributed by atoms with Gasteiger partial charge in [0.15, 0.2) is 0 Å². The molecule has 2 unspecified atom stereocenters. The first kappa shape index (κ1) is 21.2. The first-order chi connectivity index (χ1) is 11.6. The van der Waals surface area contributed by atoms with Gasteiger partial charge in [-0.05, 0) is 44.5 Å². The molecule has 0 spiro atoms. The molecular formula is C16H27N4O4P. The van der Waals surface area contributed by atoms with Crippen molar-refractivity contribution >= 4 is 31.0 Å². The molecule has 0 bridgehead atoms. The van der Waals surface area contributed by atoms with E-state index in [2.05, 4.69) is 4.99 Å². The van der Waals surface area contributed by atoms with Crippen molar-refractivity contribution in [3.63, 3.8) is 0 Å². The number of primary amides is 1. The Morgan fingerprint density at radius 2 is 1.92 bits per heavy atom. The minimum absolute atomic E-state index is 0.170. The summed E-state index contributed by atoms with van der Waals surface area (Å²) in [5, 5.41) is 0. The van der Waals surface area contributed by atoms with Crippen molar-refractivity contribution in [3.05, 3.63) is 24.3 Å². The van der Waals surface area contributed by atoms with E-state index in [0.717, 1.165) is 12.3 Å². The highest BCUT2D eigenvalue weighted by Crippen LogP contribution is 2.50. The molecule has 0 saturated heterocycles. The first-order valence-electron chi connectivity index (χ1n) is 8.02. The number of benzene rings is 1. The van der Waals surface area contributed by atoms with Gasteiger partial charge in [0.25, 0.3) is 0 Å². The van der Waals surface area contributed by atoms with Gasteiger partial charge in [-0.1, -0.05) is 13.3 Å². The molecular weight excluding hydrogens is 343 g/mol. The van der Waals surface area contributed by atoms with E-state index in [9.17, 15) is 14.3 Å². The predicted molar refractivity (Wildman–Crippen MR) is 100 cm³/mol. The number of hydrogen-bond acceptors (Lipinski definition) is 4. The topological polar surface area (TPSA) is 108 Å². The number of carbonyl (C=O) groups is 1. The van der Waals surface area contributed by atoms with Gasteiger partial charge < -0.3 is 15.5 Å². The van der Waals surface area contributed by atoms with Crippen molar-refractivity contribution in [1.29, 1.82) is 0 Å². The van der Waals surface area contributed by atoms with Crippen LogP contribution in [-0.4, -0.2) is 41.9 Å². The van der Waals surface area contributed by atoms with E-state index in [1.54, 1.807) is 19.1 Å². The van der Waals surface area contributed by atoms with E-state index < -0.39 is 19.9 Å². The highest BCUT2D eigenvalue weighted by atomic mass is 31.2. The van der Waals surface area contributed by atoms with E-state index >= 15 is 0 Å². The number of aliphatic imine (C=N–C) groups is 1. The Labute approximate surface area is 148 Å². The van der Waals surface area contributed by atoms with Gasteiger partial charge in [-0.15, -0.1) is 0 Å². The normalized spacial score (nSPS) is 15.4. The number of amidine groups is 1. The standard InChI is InChI=1S/C16H27N4O4P/c1-6-7-12(2)24-25(22,23)20(16(17)21)15-10-8-14(9-11-15)18-13(3)19(4)5/h8-12H,6-7H2,1-5H3,(H2,17,21)(H,22,23). The van der Waals surface area contributed by atoms with Gasteiger partial charge in [0.1, 0.15) is 5.84 Å². The Morgan fingerprint density at radius 3 is 2.36 bits per heavy atom. The van der Waals surface area contributed by atoms with Crippen LogP contribution in [0.3, 0.4) is 0 Å². The van der Waals surface area contributed by atoms with Gasteiger partial charge in [-0.25, -0.2) is 14.4 Å². The van der Waals surface area contributed by atoms with E-state index in [0.29, 0.717) is 16.8 Å². The molecule has 1 aromatic rings. The van der Waals surface area contributed by atoms with Crippen molar-refractivity contribution in [3.8, 4) is 0 Å². The van der Waals surface area contributed by atoms with Crippen molar-refractivity contribution in [2.24, 2.45) is 10.7 Å². The lowest BCUT2D eigenvalue weighted by Gasteiger charge is -2.27. The maximum atomic E-state index is 12.5. The SMILES string of the molecule is CCCC(C)OP(=O)(O)N(C(N)=O)c1ccc(N=C(C)N(C)C)cc1. The van der Waals surface area contributed by atoms with Gasteiger partial charge in [-0.2, -0.15) is 4.67 Å². The van der Waals surface area contributed by atoms with Crippen LogP contribution in [0.5, 0.6) is 0 Å². The fraction of sp³-hybridized carbons (Fsp3) is 0.500. The highest BCUT2D eigenvalue weighted by Gasteiger charge is 2.36. The summed E-state index contributed by atoms with van der Waals surface area (Å²) in [5.74, 6) is 0.795. The second-order valence-electron chi connectivity index (χ2n) is 5.92. The molecule has 0 fully saturated rings. The average molecular weight is 370 g/mol. The van der Waals surface area contributed by atoms with Crippen LogP contribution in [0.15, 0.2) is 29.3 Å². The quantitative estimate of drug-likeness (QED) is 0.434. The van der Waals surface area contributed by atoms with Crippen molar-refractivity contribution in [2.45, 2.75) is 39.7 Å². The fourth-order valence-electron chi connectivity index (χ4n) is 2.09. The lowest BCUT2D eigenvalue weighted by Crippen LogP contribution is -2.34. The molecule has 0 aromatic heterocycles. The molecule has 0 radical (unpaired) electrons. The molecule has 1 aromatic carbocycles. The van der Waals surface area contributed by atoms with Crippen molar-refractivity contribution in [2.75, 3.05) is 18.8 Å². The number of nitrogens with two attached hydrogens (primary N) is 1. The second kappa shape index (κ2) is 8.99. The molecule has 0 heterocycles. The van der Waals surface area contributed by atoms with Gasteiger partial charge in [0.2, 0.25) is 0 Å². The number of anilines is 1. The smallest absolute Gasteiger partial charge is 0.366 e. The molecule has 8 nitrogen and oxygen atoms in total. The summed E-state index contributed by atoms with van der Waals surface area (Å²) >= 11 is 0. The van der Waals surface area contributed by atoms with Crippen LogP contribution in [0, 0.1) is 0 Å². The molecule has 3 N–H and O–H groups in total. The van der Waals surface area contributed by atoms with Crippen LogP contribution >= 0.6 is 7.75 Å². The minimum Gasteiger partial charge on any atom is -0.366 e. The Morgan fingerprint density at radius 1 is 1.36 bits per heavy atom. The maximum absolute atomic E-state index is 12.5. The zero-order valence-electron chi connectivity index (χ0n) is 15.3. The molecule has 25 heavy (non-hydrogen) atoms. The fourth-order valence-corrected chi connectivity index (χ4v) is 3.44. The van der Waals surface area contributed by atoms with Crippen LogP contribution < -0.4 is 10.4 Å². The van der Waals surface area contributed by atoms with E-state index in [1.807, 2.05) is 32.8 Å². The third-order valence-electron chi connectivity index (χ3n) is 3.51. The van der Waals surface area contributed by atoms with Crippen LogP contribution in [0.4, 0.5) is 16.2 Å². The molecule has 2 amide bonds. The summed E-state index contributed by atoms with van der Waals surface area (Å²) in [6, 6.07) is 5.21. The Hall–Kier alpha value is -1.89. The highest BCUT2D eigenvalue weighted by molar-refractivity contribution is 7.55. The zero-order valence-corrected chi connectivity index (χ0v) is 16.2. The van der Waals surface area contributed by atoms with Crippen LogP contribution in [0.1, 0.15) is 33.6 Å². The molecule has 0 aliphatic rings. The number of carbonyl (C=O) groups excluding carboxylic acids is 1. The lowest BCUT2D eigenvalue weighted by molar-refractivity contribution is 0.178. The maximum Gasteiger partial charge on any atom is 0.441 e.